The molecule has 0 radical (unpaired) electrons. The first kappa shape index (κ1) is 11.7. The molecule has 0 aliphatic carbocycles. The third-order valence-corrected chi connectivity index (χ3v) is 1.33. The van der Waals surface area contributed by atoms with E-state index < -0.39 is 0 Å². The van der Waals surface area contributed by atoms with Gasteiger partial charge in [-0.05, 0) is 19.8 Å². The second-order valence-corrected chi connectivity index (χ2v) is 2.48. The zero-order chi connectivity index (χ0) is 9.94. The monoisotopic (exact) mass is 180 g/mol. The smallest absolute Gasteiger partial charge is 0.330 e. The van der Waals surface area contributed by atoms with Crippen molar-refractivity contribution in [1.29, 1.82) is 0 Å². The van der Waals surface area contributed by atoms with Crippen LogP contribution in [0.4, 0.5) is 0 Å². The number of unbranched alkanes of at least 4 members (excludes halogenated alkanes) is 1. The molecule has 0 saturated carbocycles. The first-order valence-corrected chi connectivity index (χ1v) is 4.38. The van der Waals surface area contributed by atoms with Crippen LogP contribution >= 0.6 is 0 Å². The minimum atomic E-state index is -0.290. The molecule has 0 aromatic carbocycles. The summed E-state index contributed by atoms with van der Waals surface area (Å²) in [6.45, 7) is 5.93. The van der Waals surface area contributed by atoms with Crippen LogP contribution in [0.1, 0.15) is 19.8 Å². The molecule has 13 heavy (non-hydrogen) atoms. The van der Waals surface area contributed by atoms with Gasteiger partial charge in [0.2, 0.25) is 0 Å². The van der Waals surface area contributed by atoms with E-state index in [-0.39, 0.29) is 5.97 Å². The topological polar surface area (TPSA) is 26.3 Å². The van der Waals surface area contributed by atoms with Gasteiger partial charge in [-0.1, -0.05) is 24.3 Å². The Kier molecular flexibility index (Phi) is 7.90. The fraction of sp³-hybridized carbons (Fsp3) is 0.364. The van der Waals surface area contributed by atoms with Crippen LogP contribution in [0.2, 0.25) is 0 Å². The first-order chi connectivity index (χ1) is 6.31. The van der Waals surface area contributed by atoms with Crippen molar-refractivity contribution >= 4 is 5.97 Å². The van der Waals surface area contributed by atoms with Gasteiger partial charge in [0.15, 0.2) is 0 Å². The Morgan fingerprint density at radius 3 is 2.85 bits per heavy atom. The lowest BCUT2D eigenvalue weighted by Gasteiger charge is -1.98. The van der Waals surface area contributed by atoms with Gasteiger partial charge in [0.05, 0.1) is 6.61 Å². The molecule has 0 saturated heterocycles. The van der Waals surface area contributed by atoms with Gasteiger partial charge in [0.1, 0.15) is 0 Å². The van der Waals surface area contributed by atoms with Gasteiger partial charge in [-0.15, -0.1) is 6.58 Å². The first-order valence-electron chi connectivity index (χ1n) is 4.38. The summed E-state index contributed by atoms with van der Waals surface area (Å²) >= 11 is 0. The van der Waals surface area contributed by atoms with E-state index in [1.54, 1.807) is 12.2 Å². The van der Waals surface area contributed by atoms with Crippen LogP contribution in [0.25, 0.3) is 0 Å². The highest BCUT2D eigenvalue weighted by molar-refractivity contribution is 5.82. The average molecular weight is 180 g/mol. The maximum Gasteiger partial charge on any atom is 0.330 e. The van der Waals surface area contributed by atoms with Gasteiger partial charge in [-0.2, -0.15) is 0 Å². The fourth-order valence-corrected chi connectivity index (χ4v) is 0.694. The SMILES string of the molecule is C=CCCCOC(=O)C=CC=CC. The van der Waals surface area contributed by atoms with Gasteiger partial charge in [0, 0.05) is 6.08 Å². The minimum absolute atomic E-state index is 0.290. The molecule has 72 valence electrons. The van der Waals surface area contributed by atoms with E-state index >= 15 is 0 Å². The Hall–Kier alpha value is -1.31. The van der Waals surface area contributed by atoms with Crippen LogP contribution in [0.15, 0.2) is 37.0 Å². The molecule has 0 N–H and O–H groups in total. The van der Waals surface area contributed by atoms with E-state index in [9.17, 15) is 4.79 Å². The molecule has 2 heteroatoms. The molecule has 2 nitrogen and oxygen atoms in total. The van der Waals surface area contributed by atoms with Gasteiger partial charge < -0.3 is 4.74 Å². The third-order valence-electron chi connectivity index (χ3n) is 1.33. The number of ether oxygens (including phenoxy) is 1. The van der Waals surface area contributed by atoms with Crippen molar-refractivity contribution in [3.63, 3.8) is 0 Å². The molecular weight excluding hydrogens is 164 g/mol. The number of hydrogen-bond acceptors (Lipinski definition) is 2. The Labute approximate surface area is 79.6 Å². The zero-order valence-electron chi connectivity index (χ0n) is 8.03. The number of allylic oxidation sites excluding steroid dienone is 4. The quantitative estimate of drug-likeness (QED) is 0.206. The van der Waals surface area contributed by atoms with Crippen LogP contribution < -0.4 is 0 Å². The number of hydrogen-bond donors (Lipinski definition) is 0. The molecule has 0 atom stereocenters. The van der Waals surface area contributed by atoms with Gasteiger partial charge in [0.25, 0.3) is 0 Å². The average Bonchev–Trinajstić information content (AvgIpc) is 2.13. The van der Waals surface area contributed by atoms with E-state index in [1.807, 2.05) is 19.1 Å². The second-order valence-electron chi connectivity index (χ2n) is 2.48. The molecule has 0 amide bonds. The predicted molar refractivity (Wildman–Crippen MR) is 54.3 cm³/mol. The largest absolute Gasteiger partial charge is 0.463 e. The number of rotatable bonds is 6. The van der Waals surface area contributed by atoms with Gasteiger partial charge >= 0.3 is 5.97 Å². The molecule has 0 aliphatic rings. The van der Waals surface area contributed by atoms with Crippen molar-refractivity contribution in [3.05, 3.63) is 37.0 Å². The Morgan fingerprint density at radius 2 is 2.23 bits per heavy atom. The summed E-state index contributed by atoms with van der Waals surface area (Å²) in [4.78, 5) is 10.9. The summed E-state index contributed by atoms with van der Waals surface area (Å²) in [5.41, 5.74) is 0. The van der Waals surface area contributed by atoms with Gasteiger partial charge in [-0.25, -0.2) is 4.79 Å². The Bertz CT molecular complexity index is 202. The standard InChI is InChI=1S/C11H16O2/c1-3-5-7-9-11(12)13-10-8-6-4-2/h3-5,7,9H,2,6,8,10H2,1H3. The maximum atomic E-state index is 10.9. The summed E-state index contributed by atoms with van der Waals surface area (Å²) in [7, 11) is 0. The van der Waals surface area contributed by atoms with Gasteiger partial charge in [-0.3, -0.25) is 0 Å². The molecule has 0 fully saturated rings. The van der Waals surface area contributed by atoms with E-state index in [2.05, 4.69) is 6.58 Å². The van der Waals surface area contributed by atoms with Crippen LogP contribution in [0.3, 0.4) is 0 Å². The van der Waals surface area contributed by atoms with E-state index in [4.69, 9.17) is 4.74 Å². The lowest BCUT2D eigenvalue weighted by atomic mass is 10.3. The highest BCUT2D eigenvalue weighted by Crippen LogP contribution is 1.91. The summed E-state index contributed by atoms with van der Waals surface area (Å²) < 4.78 is 4.88. The molecule has 0 unspecified atom stereocenters. The third kappa shape index (κ3) is 8.60. The molecule has 0 aromatic heterocycles. The summed E-state index contributed by atoms with van der Waals surface area (Å²) in [6, 6.07) is 0. The van der Waals surface area contributed by atoms with Crippen molar-refractivity contribution in [1.82, 2.24) is 0 Å². The predicted octanol–water partition coefficient (Wildman–Crippen LogP) is 2.63. The fourth-order valence-electron chi connectivity index (χ4n) is 0.694. The number of esters is 1. The molecule has 0 rings (SSSR count). The maximum absolute atomic E-state index is 10.9. The normalized spacial score (nSPS) is 10.8. The zero-order valence-corrected chi connectivity index (χ0v) is 8.03. The second kappa shape index (κ2) is 8.78. The lowest BCUT2D eigenvalue weighted by molar-refractivity contribution is -0.137. The van der Waals surface area contributed by atoms with E-state index in [0.717, 1.165) is 12.8 Å². The molecule has 0 aliphatic heterocycles. The summed E-state index contributed by atoms with van der Waals surface area (Å²) in [5, 5.41) is 0. The van der Waals surface area contributed by atoms with Crippen LogP contribution in [-0.4, -0.2) is 12.6 Å². The summed E-state index contributed by atoms with van der Waals surface area (Å²) in [6.07, 6.45) is 10.2. The van der Waals surface area contributed by atoms with Crippen molar-refractivity contribution in [2.75, 3.05) is 6.61 Å². The van der Waals surface area contributed by atoms with Crippen molar-refractivity contribution in [2.24, 2.45) is 0 Å². The molecule has 0 spiro atoms. The number of carbonyl (C=O) groups is 1. The van der Waals surface area contributed by atoms with Crippen LogP contribution in [0.5, 0.6) is 0 Å². The van der Waals surface area contributed by atoms with E-state index in [1.165, 1.54) is 6.08 Å². The van der Waals surface area contributed by atoms with Crippen molar-refractivity contribution in [3.8, 4) is 0 Å². The Morgan fingerprint density at radius 1 is 1.46 bits per heavy atom. The molecule has 0 bridgehead atoms. The van der Waals surface area contributed by atoms with Crippen molar-refractivity contribution in [2.45, 2.75) is 19.8 Å². The molecule has 0 aromatic rings. The minimum Gasteiger partial charge on any atom is -0.463 e. The molecule has 0 heterocycles. The molecular formula is C11H16O2. The highest BCUT2D eigenvalue weighted by atomic mass is 16.5. The van der Waals surface area contributed by atoms with Crippen molar-refractivity contribution < 1.29 is 9.53 Å². The van der Waals surface area contributed by atoms with Crippen LogP contribution in [0, 0.1) is 0 Å². The van der Waals surface area contributed by atoms with Crippen LogP contribution in [-0.2, 0) is 9.53 Å². The number of carbonyl (C=O) groups excluding carboxylic acids is 1. The lowest BCUT2D eigenvalue weighted by Crippen LogP contribution is -2.01. The Balaban J connectivity index is 3.45. The van der Waals surface area contributed by atoms with E-state index in [0.29, 0.717) is 6.61 Å². The summed E-state index contributed by atoms with van der Waals surface area (Å²) in [5.74, 6) is -0.290. The highest BCUT2D eigenvalue weighted by Gasteiger charge is 1.93.